The summed E-state index contributed by atoms with van der Waals surface area (Å²) in [7, 11) is 0. The van der Waals surface area contributed by atoms with Gasteiger partial charge in [0.2, 0.25) is 0 Å². The molecule has 4 fully saturated rings. The third-order valence-corrected chi connectivity index (χ3v) is 8.98. The Kier molecular flexibility index (Phi) is 4.86. The second-order valence-electron chi connectivity index (χ2n) is 10.3. The van der Waals surface area contributed by atoms with Gasteiger partial charge in [0.25, 0.3) is 0 Å². The van der Waals surface area contributed by atoms with Crippen molar-refractivity contribution in [2.24, 2.45) is 34.5 Å². The minimum Gasteiger partial charge on any atom is -0.463 e. The zero-order valence-corrected chi connectivity index (χ0v) is 17.7. The normalized spacial score (nSPS) is 47.5. The van der Waals surface area contributed by atoms with Gasteiger partial charge in [-0.25, -0.2) is 0 Å². The Balaban J connectivity index is 1.57. The number of hydrogen-bond acceptors (Lipinski definition) is 5. The molecule has 4 aliphatic carbocycles. The average Bonchev–Trinajstić information content (AvgIpc) is 2.92. The fourth-order valence-electron chi connectivity index (χ4n) is 7.58. The van der Waals surface area contributed by atoms with Crippen LogP contribution in [-0.2, 0) is 23.9 Å². The smallest absolute Gasteiger partial charge is 0.302 e. The minimum absolute atomic E-state index is 0.0337. The van der Waals surface area contributed by atoms with E-state index in [-0.39, 0.29) is 40.9 Å². The van der Waals surface area contributed by atoms with Crippen LogP contribution in [0.2, 0.25) is 0 Å². The van der Waals surface area contributed by atoms with E-state index in [0.717, 1.165) is 44.9 Å². The maximum Gasteiger partial charge on any atom is 0.302 e. The molecule has 0 heterocycles. The zero-order chi connectivity index (χ0) is 20.3. The van der Waals surface area contributed by atoms with E-state index in [0.29, 0.717) is 30.0 Å². The van der Waals surface area contributed by atoms with Gasteiger partial charge in [-0.1, -0.05) is 13.8 Å². The lowest BCUT2D eigenvalue weighted by molar-refractivity contribution is -0.173. The molecule has 0 unspecified atom stereocenters. The van der Waals surface area contributed by atoms with Gasteiger partial charge in [-0.05, 0) is 68.1 Å². The molecule has 5 heteroatoms. The van der Waals surface area contributed by atoms with Gasteiger partial charge in [0.15, 0.2) is 0 Å². The predicted octanol–water partition coefficient (Wildman–Crippen LogP) is 4.07. The summed E-state index contributed by atoms with van der Waals surface area (Å²) in [5, 5.41) is 0. The quantitative estimate of drug-likeness (QED) is 0.665. The van der Waals surface area contributed by atoms with E-state index in [1.165, 1.54) is 13.8 Å². The van der Waals surface area contributed by atoms with E-state index in [4.69, 9.17) is 9.47 Å². The predicted molar refractivity (Wildman–Crippen MR) is 103 cm³/mol. The number of Topliss-reactive ketones (excluding diaryl/α,β-unsaturated/α-hetero) is 1. The van der Waals surface area contributed by atoms with Crippen LogP contribution < -0.4 is 0 Å². The molecule has 4 aliphatic rings. The highest BCUT2D eigenvalue weighted by Gasteiger charge is 2.63. The highest BCUT2D eigenvalue weighted by molar-refractivity contribution is 5.83. The molecule has 28 heavy (non-hydrogen) atoms. The molecule has 4 saturated carbocycles. The Bertz CT molecular complexity index is 686. The highest BCUT2D eigenvalue weighted by atomic mass is 16.5. The van der Waals surface area contributed by atoms with Gasteiger partial charge in [0.05, 0.1) is 0 Å². The van der Waals surface area contributed by atoms with E-state index >= 15 is 0 Å². The molecule has 8 atom stereocenters. The first kappa shape index (κ1) is 19.9. The fourth-order valence-corrected chi connectivity index (χ4v) is 7.58. The van der Waals surface area contributed by atoms with Crippen LogP contribution in [0.25, 0.3) is 0 Å². The van der Waals surface area contributed by atoms with Crippen LogP contribution in [0, 0.1) is 34.5 Å². The van der Waals surface area contributed by atoms with Gasteiger partial charge in [-0.3, -0.25) is 14.4 Å². The van der Waals surface area contributed by atoms with Crippen molar-refractivity contribution < 1.29 is 23.9 Å². The van der Waals surface area contributed by atoms with Crippen LogP contribution in [0.4, 0.5) is 0 Å². The van der Waals surface area contributed by atoms with Crippen LogP contribution in [0.1, 0.15) is 79.1 Å². The third-order valence-electron chi connectivity index (χ3n) is 8.98. The fraction of sp³-hybridized carbons (Fsp3) is 0.870. The molecule has 0 spiro atoms. The number of fused-ring (bicyclic) bond motifs is 5. The number of ether oxygens (including phenoxy) is 2. The van der Waals surface area contributed by atoms with Crippen molar-refractivity contribution in [2.75, 3.05) is 0 Å². The maximum absolute atomic E-state index is 13.4. The van der Waals surface area contributed by atoms with Crippen LogP contribution in [-0.4, -0.2) is 29.9 Å². The summed E-state index contributed by atoms with van der Waals surface area (Å²) in [5.74, 6) is 1.12. The van der Waals surface area contributed by atoms with E-state index < -0.39 is 0 Å². The van der Waals surface area contributed by atoms with E-state index in [2.05, 4.69) is 13.8 Å². The average molecular weight is 391 g/mol. The molecular formula is C23H34O5. The number of carbonyl (C=O) groups excluding carboxylic acids is 3. The number of esters is 2. The highest BCUT2D eigenvalue weighted by Crippen LogP contribution is 2.65. The minimum atomic E-state index is -0.218. The van der Waals surface area contributed by atoms with Crippen molar-refractivity contribution in [3.63, 3.8) is 0 Å². The molecule has 156 valence electrons. The Morgan fingerprint density at radius 1 is 0.893 bits per heavy atom. The number of hydrogen-bond donors (Lipinski definition) is 0. The molecule has 4 rings (SSSR count). The van der Waals surface area contributed by atoms with E-state index in [9.17, 15) is 14.4 Å². The van der Waals surface area contributed by atoms with Crippen molar-refractivity contribution in [3.8, 4) is 0 Å². The molecule has 0 saturated heterocycles. The van der Waals surface area contributed by atoms with Crippen LogP contribution in [0.3, 0.4) is 0 Å². The first-order chi connectivity index (χ1) is 13.1. The molecule has 0 aliphatic heterocycles. The van der Waals surface area contributed by atoms with Gasteiger partial charge in [-0.2, -0.15) is 0 Å². The molecule has 0 amide bonds. The van der Waals surface area contributed by atoms with Crippen molar-refractivity contribution in [1.82, 2.24) is 0 Å². The summed E-state index contributed by atoms with van der Waals surface area (Å²) in [5.41, 5.74) is 0.0801. The first-order valence-electron chi connectivity index (χ1n) is 11.0. The summed E-state index contributed by atoms with van der Waals surface area (Å²) >= 11 is 0. The second kappa shape index (κ2) is 6.84. The SMILES string of the molecule is CC(=O)O[C@@H]1CC[C@@]2(C)[C@H](CC(=O)[C@@H]3[C@@H]2CC[C@]2(C)[C@@H](OC(C)=O)CC[C@@H]32)C1. The second-order valence-corrected chi connectivity index (χ2v) is 10.3. The molecular weight excluding hydrogens is 356 g/mol. The molecule has 0 N–H and O–H groups in total. The topological polar surface area (TPSA) is 69.7 Å². The molecule has 0 aromatic rings. The van der Waals surface area contributed by atoms with Gasteiger partial charge in [0, 0.05) is 31.6 Å². The molecule has 0 aromatic carbocycles. The Morgan fingerprint density at radius 3 is 2.21 bits per heavy atom. The number of rotatable bonds is 2. The van der Waals surface area contributed by atoms with E-state index in [1.54, 1.807) is 0 Å². The van der Waals surface area contributed by atoms with Gasteiger partial charge in [0.1, 0.15) is 18.0 Å². The maximum atomic E-state index is 13.4. The van der Waals surface area contributed by atoms with Crippen molar-refractivity contribution in [2.45, 2.75) is 91.3 Å². The van der Waals surface area contributed by atoms with Crippen LogP contribution in [0.5, 0.6) is 0 Å². The summed E-state index contributed by atoms with van der Waals surface area (Å²) in [6.45, 7) is 7.58. The number of ketones is 1. The van der Waals surface area contributed by atoms with E-state index in [1.807, 2.05) is 0 Å². The van der Waals surface area contributed by atoms with Crippen LogP contribution in [0.15, 0.2) is 0 Å². The lowest BCUT2D eigenvalue weighted by Gasteiger charge is -2.59. The molecule has 5 nitrogen and oxygen atoms in total. The Morgan fingerprint density at radius 2 is 1.54 bits per heavy atom. The van der Waals surface area contributed by atoms with Crippen molar-refractivity contribution in [3.05, 3.63) is 0 Å². The largest absolute Gasteiger partial charge is 0.463 e. The zero-order valence-electron chi connectivity index (χ0n) is 17.7. The summed E-state index contributed by atoms with van der Waals surface area (Å²) < 4.78 is 11.2. The summed E-state index contributed by atoms with van der Waals surface area (Å²) in [6.07, 6.45) is 7.21. The number of carbonyl (C=O) groups is 3. The van der Waals surface area contributed by atoms with Gasteiger partial charge >= 0.3 is 11.9 Å². The monoisotopic (exact) mass is 390 g/mol. The van der Waals surface area contributed by atoms with Crippen molar-refractivity contribution in [1.29, 1.82) is 0 Å². The Labute approximate surface area is 167 Å². The molecule has 0 radical (unpaired) electrons. The lowest BCUT2D eigenvalue weighted by atomic mass is 9.45. The summed E-state index contributed by atoms with van der Waals surface area (Å²) in [6, 6.07) is 0. The third kappa shape index (κ3) is 3.00. The van der Waals surface area contributed by atoms with Crippen molar-refractivity contribution >= 4 is 17.7 Å². The summed E-state index contributed by atoms with van der Waals surface area (Å²) in [4.78, 5) is 36.3. The van der Waals surface area contributed by atoms with Crippen LogP contribution >= 0.6 is 0 Å². The van der Waals surface area contributed by atoms with Gasteiger partial charge in [-0.15, -0.1) is 0 Å². The molecule has 0 aromatic heterocycles. The standard InChI is InChI=1S/C23H34O5/c1-13(24)27-16-7-9-22(3)15(11-16)12-19(26)21-17-5-6-20(28-14(2)25)23(17,4)10-8-18(21)22/h15-18,20-21H,5-12H2,1-4H3/t15-,16+,17-,18-,20-,21-,22-,23-/m0/s1. The first-order valence-corrected chi connectivity index (χ1v) is 11.0. The lowest BCUT2D eigenvalue weighted by Crippen LogP contribution is -2.58. The molecule has 0 bridgehead atoms. The Hall–Kier alpha value is -1.39. The van der Waals surface area contributed by atoms with Gasteiger partial charge < -0.3 is 9.47 Å².